The minimum Gasteiger partial charge on any atom is -0.324 e. The fourth-order valence-corrected chi connectivity index (χ4v) is 3.53. The van der Waals surface area contributed by atoms with Crippen LogP contribution < -0.4 is 15.6 Å². The Hall–Kier alpha value is -3.80. The molecule has 0 aliphatic heterocycles. The van der Waals surface area contributed by atoms with E-state index in [1.807, 2.05) is 4.72 Å². The van der Waals surface area contributed by atoms with Crippen molar-refractivity contribution in [2.45, 2.75) is 24.8 Å². The molecule has 12 heteroatoms. The number of rotatable bonds is 6. The summed E-state index contributed by atoms with van der Waals surface area (Å²) >= 11 is 0. The number of nitrogens with one attached hydrogen (secondary N) is 2. The second-order valence-corrected chi connectivity index (χ2v) is 7.96. The van der Waals surface area contributed by atoms with Crippen LogP contribution in [-0.4, -0.2) is 39.8 Å². The predicted octanol–water partition coefficient (Wildman–Crippen LogP) is 0.453. The van der Waals surface area contributed by atoms with Gasteiger partial charge in [-0.15, -0.1) is 5.10 Å². The molecule has 0 fully saturated rings. The lowest BCUT2D eigenvalue weighted by molar-refractivity contribution is -0.119. The number of carbonyl (C=O) groups excluding carboxylic acids is 2. The maximum atomic E-state index is 12.6. The van der Waals surface area contributed by atoms with Crippen molar-refractivity contribution in [1.82, 2.24) is 24.3 Å². The van der Waals surface area contributed by atoms with E-state index in [2.05, 4.69) is 15.5 Å². The van der Waals surface area contributed by atoms with Gasteiger partial charge < -0.3 is 5.32 Å². The topological polar surface area (TPSA) is 145 Å². The monoisotopic (exact) mass is 430 g/mol. The molecule has 0 radical (unpaired) electrons. The van der Waals surface area contributed by atoms with Gasteiger partial charge in [0.1, 0.15) is 6.04 Å². The Balaban J connectivity index is 1.77. The smallest absolute Gasteiger partial charge is 0.267 e. The molecule has 0 bridgehead atoms. The fraction of sp³-hybridized carbons (Fsp3) is 0.167. The van der Waals surface area contributed by atoms with Crippen LogP contribution in [0.25, 0.3) is 5.82 Å². The third-order valence-corrected chi connectivity index (χ3v) is 5.46. The van der Waals surface area contributed by atoms with Crippen molar-refractivity contribution < 1.29 is 18.0 Å². The highest BCUT2D eigenvalue weighted by Crippen LogP contribution is 2.15. The average Bonchev–Trinajstić information content (AvgIpc) is 3.22. The number of amides is 2. The summed E-state index contributed by atoms with van der Waals surface area (Å²) in [5.41, 5.74) is -0.157. The van der Waals surface area contributed by atoms with Gasteiger partial charge in [0, 0.05) is 31.1 Å². The van der Waals surface area contributed by atoms with E-state index in [1.165, 1.54) is 48.0 Å². The van der Waals surface area contributed by atoms with Crippen LogP contribution in [0.15, 0.2) is 64.5 Å². The number of carbonyl (C=O) groups is 2. The minimum absolute atomic E-state index is 0.131. The van der Waals surface area contributed by atoms with Crippen LogP contribution in [0, 0.1) is 0 Å². The second kappa shape index (κ2) is 8.29. The van der Waals surface area contributed by atoms with Crippen LogP contribution in [0.4, 0.5) is 5.69 Å². The summed E-state index contributed by atoms with van der Waals surface area (Å²) in [7, 11) is -3.97. The molecule has 2 aromatic heterocycles. The lowest BCUT2D eigenvalue weighted by Gasteiger charge is -2.15. The van der Waals surface area contributed by atoms with Crippen LogP contribution in [-0.2, 0) is 19.6 Å². The number of hydrogen-bond acceptors (Lipinski definition) is 7. The van der Waals surface area contributed by atoms with Gasteiger partial charge in [0.25, 0.3) is 15.6 Å². The molecule has 0 saturated heterocycles. The van der Waals surface area contributed by atoms with E-state index in [0.717, 1.165) is 11.6 Å². The van der Waals surface area contributed by atoms with Crippen molar-refractivity contribution in [3.05, 3.63) is 65.2 Å². The summed E-state index contributed by atoms with van der Waals surface area (Å²) in [6.45, 7) is 2.59. The highest BCUT2D eigenvalue weighted by atomic mass is 32.2. The molecule has 3 aromatic rings. The highest BCUT2D eigenvalue weighted by molar-refractivity contribution is 7.90. The summed E-state index contributed by atoms with van der Waals surface area (Å²) in [6, 6.07) is 8.76. The van der Waals surface area contributed by atoms with Gasteiger partial charge in [-0.05, 0) is 43.3 Å². The lowest BCUT2D eigenvalue weighted by Crippen LogP contribution is -2.33. The van der Waals surface area contributed by atoms with E-state index < -0.39 is 33.4 Å². The number of nitrogens with zero attached hydrogens (tertiary/aromatic N) is 4. The first-order valence-corrected chi connectivity index (χ1v) is 10.2. The Labute approximate surface area is 171 Å². The normalized spacial score (nSPS) is 12.2. The summed E-state index contributed by atoms with van der Waals surface area (Å²) in [6.07, 6.45) is 3.21. The van der Waals surface area contributed by atoms with Crippen molar-refractivity contribution in [3.8, 4) is 5.82 Å². The van der Waals surface area contributed by atoms with E-state index in [1.54, 1.807) is 18.5 Å². The zero-order valence-electron chi connectivity index (χ0n) is 16.0. The Bertz CT molecular complexity index is 1230. The van der Waals surface area contributed by atoms with Crippen molar-refractivity contribution >= 4 is 27.5 Å². The van der Waals surface area contributed by atoms with Crippen LogP contribution >= 0.6 is 0 Å². The van der Waals surface area contributed by atoms with Gasteiger partial charge in [0.2, 0.25) is 11.8 Å². The van der Waals surface area contributed by atoms with Gasteiger partial charge in [-0.25, -0.2) is 22.5 Å². The first-order chi connectivity index (χ1) is 14.2. The van der Waals surface area contributed by atoms with E-state index in [4.69, 9.17) is 0 Å². The molecule has 3 rings (SSSR count). The molecule has 11 nitrogen and oxygen atoms in total. The van der Waals surface area contributed by atoms with Gasteiger partial charge in [0.05, 0.1) is 4.90 Å². The van der Waals surface area contributed by atoms with Gasteiger partial charge >= 0.3 is 0 Å². The van der Waals surface area contributed by atoms with Crippen LogP contribution in [0.5, 0.6) is 0 Å². The summed E-state index contributed by atoms with van der Waals surface area (Å²) in [4.78, 5) is 35.6. The lowest BCUT2D eigenvalue weighted by atomic mass is 10.2. The molecule has 0 aliphatic carbocycles. The quantitative estimate of drug-likeness (QED) is 0.577. The highest BCUT2D eigenvalue weighted by Gasteiger charge is 2.19. The Kier molecular flexibility index (Phi) is 5.78. The molecule has 0 aliphatic rings. The molecule has 0 saturated carbocycles. The predicted molar refractivity (Wildman–Crippen MR) is 106 cm³/mol. The molecule has 1 atom stereocenters. The van der Waals surface area contributed by atoms with Gasteiger partial charge in [-0.2, -0.15) is 5.10 Å². The zero-order valence-corrected chi connectivity index (χ0v) is 16.8. The molecule has 2 heterocycles. The van der Waals surface area contributed by atoms with Crippen molar-refractivity contribution in [2.75, 3.05) is 5.32 Å². The van der Waals surface area contributed by atoms with Crippen LogP contribution in [0.1, 0.15) is 19.9 Å². The van der Waals surface area contributed by atoms with Crippen molar-refractivity contribution in [2.24, 2.45) is 0 Å². The maximum absolute atomic E-state index is 12.6. The molecular formula is C18H18N6O5S. The number of aromatic nitrogens is 4. The number of sulfonamides is 1. The standard InChI is InChI=1S/C18H18N6O5S/c1-12(24-17(26)9-8-16(21-24)23-11-3-10-19-23)18(27)20-14-4-6-15(7-5-14)30(28,29)22-13(2)25/h3-12H,1-2H3,(H,20,27)(H,22,25). The van der Waals surface area contributed by atoms with E-state index in [-0.39, 0.29) is 4.90 Å². The number of anilines is 1. The molecule has 30 heavy (non-hydrogen) atoms. The first-order valence-electron chi connectivity index (χ1n) is 8.71. The molecule has 1 aromatic carbocycles. The SMILES string of the molecule is CC(=O)NS(=O)(=O)c1ccc(NC(=O)C(C)n2nc(-n3cccn3)ccc2=O)cc1. The molecular weight excluding hydrogens is 412 g/mol. The van der Waals surface area contributed by atoms with Gasteiger partial charge in [-0.3, -0.25) is 14.4 Å². The third kappa shape index (κ3) is 4.60. The number of benzene rings is 1. The third-order valence-electron chi connectivity index (χ3n) is 4.01. The Morgan fingerprint density at radius 3 is 2.40 bits per heavy atom. The Morgan fingerprint density at radius 1 is 1.10 bits per heavy atom. The van der Waals surface area contributed by atoms with Crippen molar-refractivity contribution in [1.29, 1.82) is 0 Å². The van der Waals surface area contributed by atoms with Gasteiger partial charge in [0.15, 0.2) is 5.82 Å². The Morgan fingerprint density at radius 2 is 1.80 bits per heavy atom. The van der Waals surface area contributed by atoms with Crippen molar-refractivity contribution in [3.63, 3.8) is 0 Å². The van der Waals surface area contributed by atoms with E-state index in [9.17, 15) is 22.8 Å². The molecule has 156 valence electrons. The van der Waals surface area contributed by atoms with Crippen LogP contribution in [0.3, 0.4) is 0 Å². The molecule has 2 N–H and O–H groups in total. The zero-order chi connectivity index (χ0) is 21.9. The number of hydrogen-bond donors (Lipinski definition) is 2. The first kappa shape index (κ1) is 20.9. The molecule has 0 spiro atoms. The van der Waals surface area contributed by atoms with E-state index in [0.29, 0.717) is 11.5 Å². The summed E-state index contributed by atoms with van der Waals surface area (Å²) < 4.78 is 28.3. The minimum atomic E-state index is -3.97. The maximum Gasteiger partial charge on any atom is 0.267 e. The summed E-state index contributed by atoms with van der Waals surface area (Å²) in [5, 5.41) is 10.8. The molecule has 1 unspecified atom stereocenters. The van der Waals surface area contributed by atoms with E-state index >= 15 is 0 Å². The summed E-state index contributed by atoms with van der Waals surface area (Å²) in [5.74, 6) is -0.872. The fourth-order valence-electron chi connectivity index (χ4n) is 2.54. The average molecular weight is 430 g/mol. The van der Waals surface area contributed by atoms with Gasteiger partial charge in [-0.1, -0.05) is 0 Å². The second-order valence-electron chi connectivity index (χ2n) is 6.28. The van der Waals surface area contributed by atoms with Crippen LogP contribution in [0.2, 0.25) is 0 Å². The largest absolute Gasteiger partial charge is 0.324 e. The molecule has 2 amide bonds.